The molecule has 96 valence electrons. The topological polar surface area (TPSA) is 35.2 Å². The van der Waals surface area contributed by atoms with Crippen LogP contribution in [-0.4, -0.2) is 19.3 Å². The minimum absolute atomic E-state index is 0.0232. The number of nitrogens with two attached hydrogens (primary N) is 1. The molecular weight excluding hydrogens is 231 g/mol. The summed E-state index contributed by atoms with van der Waals surface area (Å²) in [5.74, 6) is 0.595. The van der Waals surface area contributed by atoms with Crippen molar-refractivity contribution in [3.8, 4) is 5.75 Å². The Labute approximate surface area is 98.6 Å². The molecule has 0 saturated heterocycles. The van der Waals surface area contributed by atoms with E-state index in [4.69, 9.17) is 10.5 Å². The van der Waals surface area contributed by atoms with Crippen molar-refractivity contribution in [1.29, 1.82) is 0 Å². The van der Waals surface area contributed by atoms with Crippen LogP contribution in [0, 0.1) is 0 Å². The Hall–Kier alpha value is -1.23. The van der Waals surface area contributed by atoms with Gasteiger partial charge in [0.15, 0.2) is 0 Å². The largest absolute Gasteiger partial charge is 0.494 e. The first-order valence-corrected chi connectivity index (χ1v) is 5.50. The van der Waals surface area contributed by atoms with E-state index in [0.29, 0.717) is 12.3 Å². The van der Waals surface area contributed by atoms with Gasteiger partial charge in [0.05, 0.1) is 6.61 Å². The van der Waals surface area contributed by atoms with Crippen LogP contribution in [0.1, 0.15) is 18.4 Å². The van der Waals surface area contributed by atoms with Gasteiger partial charge in [-0.15, -0.1) is 0 Å². The fraction of sp³-hybridized carbons (Fsp3) is 0.500. The minimum Gasteiger partial charge on any atom is -0.494 e. The fourth-order valence-corrected chi connectivity index (χ4v) is 1.42. The molecule has 1 aromatic carbocycles. The van der Waals surface area contributed by atoms with Crippen LogP contribution in [0.2, 0.25) is 0 Å². The smallest absolute Gasteiger partial charge is 0.389 e. The Morgan fingerprint density at radius 3 is 2.65 bits per heavy atom. The predicted molar refractivity (Wildman–Crippen MR) is 60.0 cm³/mol. The molecule has 0 bridgehead atoms. The van der Waals surface area contributed by atoms with E-state index in [9.17, 15) is 13.2 Å². The molecule has 2 nitrogen and oxygen atoms in total. The summed E-state index contributed by atoms with van der Waals surface area (Å²) in [5, 5.41) is 0. The van der Waals surface area contributed by atoms with Crippen molar-refractivity contribution >= 4 is 0 Å². The van der Waals surface area contributed by atoms with Crippen LogP contribution in [0.15, 0.2) is 24.3 Å². The summed E-state index contributed by atoms with van der Waals surface area (Å²) in [6, 6.07) is 7.26. The third-order valence-corrected chi connectivity index (χ3v) is 2.20. The second-order valence-electron chi connectivity index (χ2n) is 3.75. The Kier molecular flexibility index (Phi) is 5.28. The zero-order valence-corrected chi connectivity index (χ0v) is 9.46. The quantitative estimate of drug-likeness (QED) is 0.784. The average molecular weight is 247 g/mol. The molecule has 1 rings (SSSR count). The summed E-state index contributed by atoms with van der Waals surface area (Å²) in [4.78, 5) is 0. The number of halogens is 3. The first-order chi connectivity index (χ1) is 8.01. The molecule has 1 aromatic rings. The number of benzene rings is 1. The van der Waals surface area contributed by atoms with Crippen LogP contribution in [0.4, 0.5) is 13.2 Å². The lowest BCUT2D eigenvalue weighted by atomic mass is 10.1. The average Bonchev–Trinajstić information content (AvgIpc) is 2.24. The Balaban J connectivity index is 2.34. The van der Waals surface area contributed by atoms with Gasteiger partial charge in [-0.2, -0.15) is 13.2 Å². The SMILES string of the molecule is NCCc1cccc(OCCCC(F)(F)F)c1. The standard InChI is InChI=1S/C12H16F3NO/c13-12(14,15)6-2-8-17-11-4-1-3-10(9-11)5-7-16/h1,3-4,9H,2,5-8,16H2. The van der Waals surface area contributed by atoms with Crippen LogP contribution in [0.5, 0.6) is 5.75 Å². The van der Waals surface area contributed by atoms with E-state index in [1.54, 1.807) is 12.1 Å². The van der Waals surface area contributed by atoms with Crippen LogP contribution >= 0.6 is 0 Å². The van der Waals surface area contributed by atoms with Crippen LogP contribution in [0.3, 0.4) is 0 Å². The van der Waals surface area contributed by atoms with Crippen molar-refractivity contribution in [2.24, 2.45) is 5.73 Å². The molecule has 2 N–H and O–H groups in total. The van der Waals surface area contributed by atoms with Crippen molar-refractivity contribution in [2.45, 2.75) is 25.4 Å². The van der Waals surface area contributed by atoms with E-state index < -0.39 is 12.6 Å². The summed E-state index contributed by atoms with van der Waals surface area (Å²) in [5.41, 5.74) is 6.44. The van der Waals surface area contributed by atoms with Crippen molar-refractivity contribution in [2.75, 3.05) is 13.2 Å². The van der Waals surface area contributed by atoms with E-state index in [2.05, 4.69) is 0 Å². The fourth-order valence-electron chi connectivity index (χ4n) is 1.42. The zero-order chi connectivity index (χ0) is 12.7. The van der Waals surface area contributed by atoms with E-state index in [-0.39, 0.29) is 13.0 Å². The van der Waals surface area contributed by atoms with Crippen LogP contribution < -0.4 is 10.5 Å². The van der Waals surface area contributed by atoms with Crippen molar-refractivity contribution in [3.05, 3.63) is 29.8 Å². The first-order valence-electron chi connectivity index (χ1n) is 5.50. The zero-order valence-electron chi connectivity index (χ0n) is 9.46. The molecule has 0 aliphatic carbocycles. The van der Waals surface area contributed by atoms with Gasteiger partial charge in [0.1, 0.15) is 5.75 Å². The van der Waals surface area contributed by atoms with E-state index in [0.717, 1.165) is 12.0 Å². The van der Waals surface area contributed by atoms with Gasteiger partial charge in [-0.25, -0.2) is 0 Å². The van der Waals surface area contributed by atoms with Gasteiger partial charge in [0.25, 0.3) is 0 Å². The van der Waals surface area contributed by atoms with Crippen molar-refractivity contribution in [1.82, 2.24) is 0 Å². The molecule has 0 fully saturated rings. The lowest BCUT2D eigenvalue weighted by molar-refractivity contribution is -0.136. The second kappa shape index (κ2) is 6.49. The molecule has 17 heavy (non-hydrogen) atoms. The van der Waals surface area contributed by atoms with Crippen LogP contribution in [0.25, 0.3) is 0 Å². The lowest BCUT2D eigenvalue weighted by Crippen LogP contribution is -2.09. The third kappa shape index (κ3) is 6.16. The highest BCUT2D eigenvalue weighted by atomic mass is 19.4. The number of ether oxygens (including phenoxy) is 1. The highest BCUT2D eigenvalue weighted by molar-refractivity contribution is 5.28. The summed E-state index contributed by atoms with van der Waals surface area (Å²) in [7, 11) is 0. The first kappa shape index (κ1) is 13.8. The third-order valence-electron chi connectivity index (χ3n) is 2.20. The summed E-state index contributed by atoms with van der Waals surface area (Å²) in [6.45, 7) is 0.614. The van der Waals surface area contributed by atoms with E-state index in [1.165, 1.54) is 0 Å². The predicted octanol–water partition coefficient (Wildman–Crippen LogP) is 2.91. The molecule has 0 aromatic heterocycles. The van der Waals surface area contributed by atoms with Gasteiger partial charge in [-0.05, 0) is 37.1 Å². The molecule has 0 saturated carbocycles. The van der Waals surface area contributed by atoms with E-state index >= 15 is 0 Å². The van der Waals surface area contributed by atoms with Gasteiger partial charge in [0, 0.05) is 6.42 Å². The van der Waals surface area contributed by atoms with Gasteiger partial charge < -0.3 is 10.5 Å². The highest BCUT2D eigenvalue weighted by Gasteiger charge is 2.26. The maximum absolute atomic E-state index is 11.9. The number of hydrogen-bond donors (Lipinski definition) is 1. The van der Waals surface area contributed by atoms with Crippen molar-refractivity contribution in [3.63, 3.8) is 0 Å². The Morgan fingerprint density at radius 2 is 2.00 bits per heavy atom. The second-order valence-corrected chi connectivity index (χ2v) is 3.75. The summed E-state index contributed by atoms with van der Waals surface area (Å²) >= 11 is 0. The normalized spacial score (nSPS) is 11.5. The van der Waals surface area contributed by atoms with E-state index in [1.807, 2.05) is 12.1 Å². The molecule has 0 aliphatic heterocycles. The Bertz CT molecular complexity index is 339. The molecule has 0 spiro atoms. The summed E-state index contributed by atoms with van der Waals surface area (Å²) < 4.78 is 40.9. The van der Waals surface area contributed by atoms with Gasteiger partial charge in [-0.1, -0.05) is 12.1 Å². The van der Waals surface area contributed by atoms with Gasteiger partial charge in [-0.3, -0.25) is 0 Å². The number of rotatable bonds is 6. The maximum atomic E-state index is 11.9. The van der Waals surface area contributed by atoms with Gasteiger partial charge >= 0.3 is 6.18 Å². The molecule has 0 radical (unpaired) electrons. The Morgan fingerprint density at radius 1 is 1.24 bits per heavy atom. The maximum Gasteiger partial charge on any atom is 0.389 e. The highest BCUT2D eigenvalue weighted by Crippen LogP contribution is 2.21. The summed E-state index contributed by atoms with van der Waals surface area (Å²) in [6.07, 6.45) is -4.20. The molecule has 0 atom stereocenters. The molecular formula is C12H16F3NO. The minimum atomic E-state index is -4.11. The van der Waals surface area contributed by atoms with Gasteiger partial charge in [0.2, 0.25) is 0 Å². The molecule has 0 aliphatic rings. The van der Waals surface area contributed by atoms with Crippen LogP contribution in [-0.2, 0) is 6.42 Å². The molecule has 0 unspecified atom stereocenters. The lowest BCUT2D eigenvalue weighted by Gasteiger charge is -2.09. The monoisotopic (exact) mass is 247 g/mol. The molecule has 5 heteroatoms. The molecule has 0 heterocycles. The number of hydrogen-bond acceptors (Lipinski definition) is 2. The molecule has 0 amide bonds. The number of alkyl halides is 3. The van der Waals surface area contributed by atoms with Crippen molar-refractivity contribution < 1.29 is 17.9 Å².